The molecule has 30 heteroatoms. The maximum atomic E-state index is 14.7. The van der Waals surface area contributed by atoms with E-state index < -0.39 is 119 Å². The average Bonchev–Trinajstić information content (AvgIpc) is 1.55. The van der Waals surface area contributed by atoms with E-state index in [2.05, 4.69) is 37.2 Å². The Hall–Kier alpha value is -7.93. The molecular formula is C76H121N13O16S. The SMILES string of the molecule is CC[C@H](C)[C@@H]([C@@H](CC(=O)N1C[C@@H](O)C[C@H]1[C@H](OC)[C@@H](C)C(=O)N[C@H](C)C(NC(=O)OCc1ccc(NC(=O)[C@H](CCCNC(N)=O)NC(=O)[C@@H](NC(=O)CCCCCN2C(=O)CC(SCC3(CC(N)=O)CC3)C2=O)C(C)C)cc1)c1ccc(C)cc1)OC)N(C)C(=O)[C@@H](NC(=O)[C@H](C(C)C)N(C)C)C(C)C. The average molecular weight is 1500 g/mol. The molecule has 5 rings (SSSR count). The Labute approximate surface area is 630 Å². The number of thioether (sulfide) groups is 1. The largest absolute Gasteiger partial charge is 0.445 e. The van der Waals surface area contributed by atoms with Gasteiger partial charge in [-0.25, -0.2) is 9.59 Å². The van der Waals surface area contributed by atoms with Crippen molar-refractivity contribution in [1.29, 1.82) is 0 Å². The number of rotatable bonds is 44. The van der Waals surface area contributed by atoms with Crippen molar-refractivity contribution in [2.24, 2.45) is 46.5 Å². The van der Waals surface area contributed by atoms with Gasteiger partial charge in [-0.15, -0.1) is 11.8 Å². The second-order valence-corrected chi connectivity index (χ2v) is 31.6. The van der Waals surface area contributed by atoms with E-state index in [1.54, 1.807) is 63.9 Å². The Morgan fingerprint density at radius 1 is 0.745 bits per heavy atom. The fraction of sp³-hybridized carbons (Fsp3) is 0.684. The van der Waals surface area contributed by atoms with Crippen molar-refractivity contribution in [2.75, 3.05) is 66.1 Å². The van der Waals surface area contributed by atoms with Gasteiger partial charge in [-0.2, -0.15) is 0 Å². The van der Waals surface area contributed by atoms with E-state index in [1.807, 2.05) is 91.7 Å². The summed E-state index contributed by atoms with van der Waals surface area (Å²) < 4.78 is 17.8. The predicted molar refractivity (Wildman–Crippen MR) is 404 cm³/mol. The van der Waals surface area contributed by atoms with Gasteiger partial charge in [0, 0.05) is 71.6 Å². The highest BCUT2D eigenvalue weighted by molar-refractivity contribution is 8.00. The van der Waals surface area contributed by atoms with Gasteiger partial charge in [0.1, 0.15) is 24.7 Å². The van der Waals surface area contributed by atoms with Crippen LogP contribution in [0.5, 0.6) is 0 Å². The fourth-order valence-corrected chi connectivity index (χ4v) is 15.6. The van der Waals surface area contributed by atoms with Gasteiger partial charge in [0.2, 0.25) is 59.1 Å². The van der Waals surface area contributed by atoms with Crippen LogP contribution in [0, 0.1) is 41.9 Å². The summed E-state index contributed by atoms with van der Waals surface area (Å²) in [4.78, 5) is 167. The summed E-state index contributed by atoms with van der Waals surface area (Å²) in [6, 6.07) is 6.62. The van der Waals surface area contributed by atoms with Gasteiger partial charge < -0.3 is 77.8 Å². The Balaban J connectivity index is 1.17. The number of primary amides is 2. The Kier molecular flexibility index (Phi) is 35.1. The summed E-state index contributed by atoms with van der Waals surface area (Å²) in [6.07, 6.45) is 0.984. The maximum absolute atomic E-state index is 14.7. The number of hydrogen-bond donors (Lipinski definition) is 10. The zero-order valence-electron chi connectivity index (χ0n) is 65.1. The molecule has 1 aliphatic carbocycles. The molecule has 3 fully saturated rings. The number of imide groups is 1. The smallest absolute Gasteiger partial charge is 0.408 e. The van der Waals surface area contributed by atoms with Crippen LogP contribution in [0.25, 0.3) is 0 Å². The number of nitrogens with one attached hydrogen (secondary N) is 7. The number of urea groups is 1. The summed E-state index contributed by atoms with van der Waals surface area (Å²) in [7, 11) is 8.23. The summed E-state index contributed by atoms with van der Waals surface area (Å²) in [5, 5.41) is 30.5. The third-order valence-corrected chi connectivity index (χ3v) is 22.1. The third-order valence-electron chi connectivity index (χ3n) is 20.6. The maximum Gasteiger partial charge on any atom is 0.408 e. The zero-order chi connectivity index (χ0) is 79.0. The summed E-state index contributed by atoms with van der Waals surface area (Å²) in [6.45, 7) is 20.5. The lowest BCUT2D eigenvalue weighted by atomic mass is 9.89. The van der Waals surface area contributed by atoms with Crippen molar-refractivity contribution < 1.29 is 76.9 Å². The molecule has 12 N–H and O–H groups in total. The number of amides is 13. The number of aliphatic hydroxyl groups excluding tert-OH is 1. The Morgan fingerprint density at radius 3 is 1.96 bits per heavy atom. The molecule has 2 heterocycles. The van der Waals surface area contributed by atoms with Gasteiger partial charge in [-0.3, -0.25) is 57.7 Å². The minimum atomic E-state index is -1.13. The number of likely N-dealkylation sites (tertiary alicyclic amines) is 2. The highest BCUT2D eigenvalue weighted by atomic mass is 32.2. The van der Waals surface area contributed by atoms with Gasteiger partial charge in [-0.05, 0) is 125 Å². The Morgan fingerprint density at radius 2 is 1.40 bits per heavy atom. The van der Waals surface area contributed by atoms with Gasteiger partial charge in [0.15, 0.2) is 0 Å². The van der Waals surface area contributed by atoms with E-state index in [-0.39, 0.29) is 130 Å². The topological polar surface area (TPSA) is 402 Å². The zero-order valence-corrected chi connectivity index (χ0v) is 65.9. The van der Waals surface area contributed by atoms with Crippen LogP contribution in [0.1, 0.15) is 175 Å². The van der Waals surface area contributed by atoms with Crippen LogP contribution in [0.4, 0.5) is 15.3 Å². The fourth-order valence-electron chi connectivity index (χ4n) is 14.1. The molecule has 106 heavy (non-hydrogen) atoms. The van der Waals surface area contributed by atoms with Crippen molar-refractivity contribution in [2.45, 2.75) is 238 Å². The number of unbranched alkanes of at least 4 members (excludes halogenated alkanes) is 2. The van der Waals surface area contributed by atoms with Crippen LogP contribution in [0.2, 0.25) is 0 Å². The first kappa shape index (κ1) is 88.7. The number of carbonyl (C=O) groups excluding carboxylic acids is 12. The molecule has 29 nitrogen and oxygen atoms in total. The van der Waals surface area contributed by atoms with Gasteiger partial charge in [0.05, 0.1) is 66.1 Å². The molecular weight excluding hydrogens is 1380 g/mol. The molecule has 0 radical (unpaired) electrons. The van der Waals surface area contributed by atoms with Crippen LogP contribution >= 0.6 is 11.8 Å². The quantitative estimate of drug-likeness (QED) is 0.0302. The van der Waals surface area contributed by atoms with Crippen molar-refractivity contribution >= 4 is 88.6 Å². The number of carbonyl (C=O) groups is 12. The molecule has 2 unspecified atom stereocenters. The highest BCUT2D eigenvalue weighted by Crippen LogP contribution is 2.52. The van der Waals surface area contributed by atoms with E-state index in [9.17, 15) is 62.6 Å². The molecule has 2 aromatic carbocycles. The van der Waals surface area contributed by atoms with Gasteiger partial charge in [0.25, 0.3) is 0 Å². The van der Waals surface area contributed by atoms with Crippen LogP contribution in [-0.2, 0) is 68.8 Å². The van der Waals surface area contributed by atoms with Gasteiger partial charge >= 0.3 is 12.1 Å². The lowest BCUT2D eigenvalue weighted by molar-refractivity contribution is -0.148. The van der Waals surface area contributed by atoms with Crippen molar-refractivity contribution in [3.8, 4) is 0 Å². The van der Waals surface area contributed by atoms with E-state index in [1.165, 1.54) is 35.8 Å². The number of aryl methyl sites for hydroxylation is 1. The second-order valence-electron chi connectivity index (χ2n) is 30.4. The molecule has 0 spiro atoms. The van der Waals surface area contributed by atoms with E-state index in [4.69, 9.17) is 25.7 Å². The highest BCUT2D eigenvalue weighted by Gasteiger charge is 2.48. The molecule has 0 bridgehead atoms. The lowest BCUT2D eigenvalue weighted by Crippen LogP contribution is -2.59. The number of nitrogens with zero attached hydrogens (tertiary/aromatic N) is 4. The van der Waals surface area contributed by atoms with Crippen molar-refractivity contribution in [3.05, 3.63) is 65.2 Å². The molecule has 2 saturated heterocycles. The first-order chi connectivity index (χ1) is 50.0. The van der Waals surface area contributed by atoms with Crippen molar-refractivity contribution in [3.63, 3.8) is 0 Å². The first-order valence-electron chi connectivity index (χ1n) is 37.3. The van der Waals surface area contributed by atoms with Crippen LogP contribution in [0.3, 0.4) is 0 Å². The van der Waals surface area contributed by atoms with Crippen LogP contribution < -0.4 is 48.7 Å². The molecule has 3 aliphatic rings. The molecule has 1 saturated carbocycles. The lowest BCUT2D eigenvalue weighted by Gasteiger charge is -2.41. The molecule has 592 valence electrons. The minimum Gasteiger partial charge on any atom is -0.445 e. The summed E-state index contributed by atoms with van der Waals surface area (Å²) >= 11 is 1.40. The number of methoxy groups -OCH3 is 2. The third kappa shape index (κ3) is 26.2. The normalized spacial score (nSPS) is 19.4. The number of β-amino-alcohol motifs (C(OH)–C–C–N with tert-alkyl or cyclic N) is 1. The first-order valence-corrected chi connectivity index (χ1v) is 38.4. The number of likely N-dealkylation sites (N-methyl/N-ethyl adjacent to an activating group) is 2. The standard InChI is InChI=1S/C76H121N13O16S/c1-17-47(9)66(87(14)73(100)63(44(4)5)84-71(98)65(45(6)7)86(12)13)56(103-15)37-60(93)89-40-53(90)36-55(89)67(104-16)48(10)68(95)80-49(11)64(51-28-24-46(8)25-29-51)85-75(102)105-41-50-26-30-52(31-27-50)81-69(96)54(22-21-34-79-74(78)101)82-70(97)62(43(2)3)83-59(92)23-19-18-20-35-88-61(94)38-57(72(88)99)106-42-76(32-33-76)39-58(77)91/h24-31,43-45,47-49,53-57,62-67,90H,17-23,32-42H2,1-16H3,(H2,77,91)(H,80,95)(H,81,96)(H,82,97)(H,83,92)(H,84,98)(H,85,102)(H3,78,79,101)/t47-,48+,49+,53-,54-,55-,56+,57?,62-,63-,64?,65-,66-,67+/m0/s1. The number of nitrogens with two attached hydrogens (primary N) is 2. The number of alkyl carbamates (subject to hydrolysis) is 1. The van der Waals surface area contributed by atoms with Gasteiger partial charge in [-0.1, -0.05) is 117 Å². The minimum absolute atomic E-state index is 0.0266. The van der Waals surface area contributed by atoms with Crippen LogP contribution in [-0.4, -0.2) is 223 Å². The summed E-state index contributed by atoms with van der Waals surface area (Å²) in [5.41, 5.74) is 13.0. The van der Waals surface area contributed by atoms with E-state index in [0.29, 0.717) is 48.3 Å². The van der Waals surface area contributed by atoms with Crippen molar-refractivity contribution in [1.82, 2.24) is 51.5 Å². The number of aliphatic hydroxyl groups is 1. The second kappa shape index (κ2) is 42.0. The molecule has 14 atom stereocenters. The Bertz CT molecular complexity index is 3290. The molecule has 13 amide bonds. The molecule has 2 aliphatic heterocycles. The monoisotopic (exact) mass is 1500 g/mol. The summed E-state index contributed by atoms with van der Waals surface area (Å²) in [5.74, 6) is -5.08. The number of hydrogen-bond acceptors (Lipinski definition) is 18. The molecule has 0 aromatic heterocycles. The molecule has 2 aromatic rings. The van der Waals surface area contributed by atoms with E-state index in [0.717, 1.165) is 18.4 Å². The van der Waals surface area contributed by atoms with E-state index >= 15 is 0 Å². The number of benzene rings is 2. The van der Waals surface area contributed by atoms with Crippen LogP contribution in [0.15, 0.2) is 48.5 Å². The predicted octanol–water partition coefficient (Wildman–Crippen LogP) is 5.17. The number of ether oxygens (including phenoxy) is 3. The number of anilines is 1.